The van der Waals surface area contributed by atoms with Gasteiger partial charge in [0.15, 0.2) is 0 Å². The molecule has 7 heteroatoms. The van der Waals surface area contributed by atoms with Crippen molar-refractivity contribution in [2.75, 3.05) is 19.8 Å². The monoisotopic (exact) mass is 331 g/mol. The lowest BCUT2D eigenvalue weighted by atomic mass is 10.2. The maximum absolute atomic E-state index is 13.3. The van der Waals surface area contributed by atoms with Gasteiger partial charge < -0.3 is 20.1 Å². The summed E-state index contributed by atoms with van der Waals surface area (Å²) in [6.07, 6.45) is 1.58. The number of benzene rings is 1. The van der Waals surface area contributed by atoms with E-state index in [0.717, 1.165) is 0 Å². The lowest BCUT2D eigenvalue weighted by molar-refractivity contribution is -0.126. The molecular formula is C17H18FN3O3. The summed E-state index contributed by atoms with van der Waals surface area (Å²) >= 11 is 0. The third-order valence-corrected chi connectivity index (χ3v) is 3.55. The van der Waals surface area contributed by atoms with Crippen LogP contribution in [-0.2, 0) is 16.1 Å². The Morgan fingerprint density at radius 3 is 3.12 bits per heavy atom. The molecule has 3 rings (SSSR count). The number of ether oxygens (including phenoxy) is 2. The molecule has 1 aliphatic heterocycles. The Hall–Kier alpha value is -2.51. The second-order valence-electron chi connectivity index (χ2n) is 5.33. The van der Waals surface area contributed by atoms with Gasteiger partial charge in [-0.15, -0.1) is 0 Å². The first-order valence-corrected chi connectivity index (χ1v) is 7.68. The van der Waals surface area contributed by atoms with Crippen LogP contribution in [-0.4, -0.2) is 36.7 Å². The van der Waals surface area contributed by atoms with Gasteiger partial charge in [-0.1, -0.05) is 12.1 Å². The summed E-state index contributed by atoms with van der Waals surface area (Å²) in [7, 11) is 0. The number of nitrogens with one attached hydrogen (secondary N) is 2. The Morgan fingerprint density at radius 1 is 1.42 bits per heavy atom. The van der Waals surface area contributed by atoms with E-state index in [1.165, 1.54) is 12.1 Å². The van der Waals surface area contributed by atoms with Crippen molar-refractivity contribution < 1.29 is 18.7 Å². The number of pyridine rings is 1. The second-order valence-corrected chi connectivity index (χ2v) is 5.33. The second kappa shape index (κ2) is 7.85. The molecule has 1 aromatic heterocycles. The zero-order chi connectivity index (χ0) is 16.8. The highest BCUT2D eigenvalue weighted by Gasteiger charge is 2.21. The molecule has 24 heavy (non-hydrogen) atoms. The Morgan fingerprint density at radius 2 is 2.33 bits per heavy atom. The number of hydrogen-bond acceptors (Lipinski definition) is 5. The van der Waals surface area contributed by atoms with E-state index in [2.05, 4.69) is 15.6 Å². The number of morpholine rings is 1. The van der Waals surface area contributed by atoms with E-state index in [4.69, 9.17) is 9.47 Å². The van der Waals surface area contributed by atoms with E-state index in [0.29, 0.717) is 37.0 Å². The topological polar surface area (TPSA) is 72.5 Å². The molecule has 126 valence electrons. The van der Waals surface area contributed by atoms with Crippen molar-refractivity contribution in [3.8, 4) is 11.6 Å². The molecule has 0 bridgehead atoms. The molecule has 6 nitrogen and oxygen atoms in total. The van der Waals surface area contributed by atoms with Gasteiger partial charge in [-0.05, 0) is 18.2 Å². The Bertz CT molecular complexity index is 705. The van der Waals surface area contributed by atoms with Gasteiger partial charge in [-0.25, -0.2) is 9.37 Å². The number of amides is 1. The fraction of sp³-hybridized carbons (Fsp3) is 0.294. The largest absolute Gasteiger partial charge is 0.439 e. The lowest BCUT2D eigenvalue weighted by Crippen LogP contribution is -2.51. The molecule has 1 aromatic carbocycles. The van der Waals surface area contributed by atoms with Crippen LogP contribution in [0.5, 0.6) is 11.6 Å². The molecular weight excluding hydrogens is 313 g/mol. The van der Waals surface area contributed by atoms with Gasteiger partial charge in [0.2, 0.25) is 11.8 Å². The van der Waals surface area contributed by atoms with Gasteiger partial charge in [-0.3, -0.25) is 4.79 Å². The number of halogens is 1. The van der Waals surface area contributed by atoms with Crippen molar-refractivity contribution in [3.05, 3.63) is 54.0 Å². The third-order valence-electron chi connectivity index (χ3n) is 3.55. The molecule has 0 spiro atoms. The highest BCUT2D eigenvalue weighted by atomic mass is 19.1. The minimum atomic E-state index is -0.387. The van der Waals surface area contributed by atoms with Crippen LogP contribution in [0.2, 0.25) is 0 Å². The molecule has 0 unspecified atom stereocenters. The number of carbonyl (C=O) groups is 1. The van der Waals surface area contributed by atoms with Crippen molar-refractivity contribution in [2.24, 2.45) is 0 Å². The Kier molecular flexibility index (Phi) is 5.35. The van der Waals surface area contributed by atoms with Gasteiger partial charge in [0.25, 0.3) is 0 Å². The predicted molar refractivity (Wildman–Crippen MR) is 85.2 cm³/mol. The summed E-state index contributed by atoms with van der Waals surface area (Å²) in [5.41, 5.74) is 0.701. The summed E-state index contributed by atoms with van der Waals surface area (Å²) in [6.45, 7) is 1.87. The van der Waals surface area contributed by atoms with E-state index >= 15 is 0 Å². The number of nitrogens with zero attached hydrogens (tertiary/aromatic N) is 1. The maximum Gasteiger partial charge on any atom is 0.239 e. The predicted octanol–water partition coefficient (Wildman–Crippen LogP) is 1.62. The van der Waals surface area contributed by atoms with Gasteiger partial charge in [0, 0.05) is 30.9 Å². The van der Waals surface area contributed by atoms with Crippen LogP contribution in [0, 0.1) is 5.82 Å². The van der Waals surface area contributed by atoms with Crippen LogP contribution in [0.15, 0.2) is 42.6 Å². The number of rotatable bonds is 5. The number of aromatic nitrogens is 1. The van der Waals surface area contributed by atoms with Crippen LogP contribution in [0.3, 0.4) is 0 Å². The van der Waals surface area contributed by atoms with Crippen LogP contribution < -0.4 is 15.4 Å². The molecule has 0 radical (unpaired) electrons. The summed E-state index contributed by atoms with van der Waals surface area (Å²) in [4.78, 5) is 16.3. The van der Waals surface area contributed by atoms with E-state index in [-0.39, 0.29) is 24.3 Å². The first-order valence-electron chi connectivity index (χ1n) is 7.68. The van der Waals surface area contributed by atoms with Crippen molar-refractivity contribution >= 4 is 5.91 Å². The normalized spacial score (nSPS) is 17.3. The van der Waals surface area contributed by atoms with Crippen LogP contribution in [0.1, 0.15) is 5.56 Å². The van der Waals surface area contributed by atoms with Gasteiger partial charge in [-0.2, -0.15) is 0 Å². The fourth-order valence-electron chi connectivity index (χ4n) is 2.33. The van der Waals surface area contributed by atoms with Gasteiger partial charge >= 0.3 is 0 Å². The van der Waals surface area contributed by atoms with Gasteiger partial charge in [0.1, 0.15) is 17.6 Å². The SMILES string of the molecule is O=C(NCc1cccnc1Oc1cccc(F)c1)[C@@H]1COCCN1. The molecule has 2 heterocycles. The molecule has 1 atom stereocenters. The van der Waals surface area contributed by atoms with Crippen molar-refractivity contribution in [3.63, 3.8) is 0 Å². The Labute approximate surface area is 139 Å². The van der Waals surface area contributed by atoms with Crippen molar-refractivity contribution in [1.29, 1.82) is 0 Å². The molecule has 1 amide bonds. The van der Waals surface area contributed by atoms with Crippen molar-refractivity contribution in [1.82, 2.24) is 15.6 Å². The first kappa shape index (κ1) is 16.4. The summed E-state index contributed by atoms with van der Waals surface area (Å²) in [5.74, 6) is 0.150. The molecule has 0 aliphatic carbocycles. The standard InChI is InChI=1S/C17H18FN3O3/c18-13-4-1-5-14(9-13)24-17-12(3-2-6-20-17)10-21-16(22)15-11-23-8-7-19-15/h1-6,9,15,19H,7-8,10-11H2,(H,21,22)/t15-/m0/s1. The quantitative estimate of drug-likeness (QED) is 0.871. The average Bonchev–Trinajstić information content (AvgIpc) is 2.61. The zero-order valence-electron chi connectivity index (χ0n) is 13.0. The van der Waals surface area contributed by atoms with Crippen LogP contribution in [0.25, 0.3) is 0 Å². The smallest absolute Gasteiger partial charge is 0.239 e. The highest BCUT2D eigenvalue weighted by molar-refractivity contribution is 5.82. The molecule has 1 fully saturated rings. The minimum absolute atomic E-state index is 0.143. The lowest BCUT2D eigenvalue weighted by Gasteiger charge is -2.23. The summed E-state index contributed by atoms with van der Waals surface area (Å²) in [5, 5.41) is 5.92. The van der Waals surface area contributed by atoms with E-state index in [1.807, 2.05) is 0 Å². The molecule has 2 N–H and O–H groups in total. The molecule has 1 saturated heterocycles. The third kappa shape index (κ3) is 4.27. The van der Waals surface area contributed by atoms with Crippen LogP contribution >= 0.6 is 0 Å². The highest BCUT2D eigenvalue weighted by Crippen LogP contribution is 2.23. The summed E-state index contributed by atoms with van der Waals surface area (Å²) < 4.78 is 24.2. The number of carbonyl (C=O) groups excluding carboxylic acids is 1. The maximum atomic E-state index is 13.3. The van der Waals surface area contributed by atoms with E-state index in [1.54, 1.807) is 30.5 Å². The average molecular weight is 331 g/mol. The summed E-state index contributed by atoms with van der Waals surface area (Å²) in [6, 6.07) is 9.01. The first-order chi connectivity index (χ1) is 11.7. The van der Waals surface area contributed by atoms with Crippen LogP contribution in [0.4, 0.5) is 4.39 Å². The van der Waals surface area contributed by atoms with Gasteiger partial charge in [0.05, 0.1) is 13.2 Å². The Balaban J connectivity index is 1.64. The van der Waals surface area contributed by atoms with E-state index in [9.17, 15) is 9.18 Å². The van der Waals surface area contributed by atoms with E-state index < -0.39 is 0 Å². The molecule has 1 aliphatic rings. The fourth-order valence-corrected chi connectivity index (χ4v) is 2.33. The van der Waals surface area contributed by atoms with Crippen molar-refractivity contribution in [2.45, 2.75) is 12.6 Å². The zero-order valence-corrected chi connectivity index (χ0v) is 13.0. The molecule has 2 aromatic rings. The molecule has 0 saturated carbocycles. The number of hydrogen-bond donors (Lipinski definition) is 2. The minimum Gasteiger partial charge on any atom is -0.439 e.